The van der Waals surface area contributed by atoms with Crippen molar-refractivity contribution in [2.75, 3.05) is 52.9 Å². The lowest BCUT2D eigenvalue weighted by Crippen LogP contribution is -2.63. The van der Waals surface area contributed by atoms with Gasteiger partial charge in [-0.3, -0.25) is 4.79 Å². The van der Waals surface area contributed by atoms with Gasteiger partial charge in [0.1, 0.15) is 29.9 Å². The molecule has 39 heavy (non-hydrogen) atoms. The average molecular weight is 555 g/mol. The first kappa shape index (κ1) is 32.1. The number of nitrogens with one attached hydrogen (secondary N) is 2. The monoisotopic (exact) mass is 554 g/mol. The Morgan fingerprint density at radius 2 is 1.31 bits per heavy atom. The lowest BCUT2D eigenvalue weighted by Gasteiger charge is -2.33. The van der Waals surface area contributed by atoms with Crippen molar-refractivity contribution in [3.8, 4) is 11.5 Å². The molecular formula is C27H42N2O10. The maximum atomic E-state index is 13.1. The largest absolute Gasteiger partial charge is 0.487 e. The van der Waals surface area contributed by atoms with Gasteiger partial charge in [0.15, 0.2) is 11.5 Å². The lowest BCUT2D eigenvalue weighted by molar-refractivity contribution is -0.147. The number of alkyl carbamates (subject to hydrolysis) is 1. The number of carbonyl (C=O) groups is 3. The normalized spacial score (nSPS) is 17.5. The van der Waals surface area contributed by atoms with Gasteiger partial charge >= 0.3 is 12.1 Å². The maximum absolute atomic E-state index is 13.1. The van der Waals surface area contributed by atoms with E-state index in [0.717, 1.165) is 0 Å². The molecule has 1 aliphatic rings. The highest BCUT2D eigenvalue weighted by atomic mass is 16.6. The second-order valence-electron chi connectivity index (χ2n) is 10.8. The molecule has 0 bridgehead atoms. The number of hydrogen-bond acceptors (Lipinski definition) is 9. The van der Waals surface area contributed by atoms with Gasteiger partial charge in [-0.2, -0.15) is 0 Å². The van der Waals surface area contributed by atoms with Crippen molar-refractivity contribution in [1.29, 1.82) is 0 Å². The van der Waals surface area contributed by atoms with Crippen LogP contribution in [0.3, 0.4) is 0 Å². The summed E-state index contributed by atoms with van der Waals surface area (Å²) in [6, 6.07) is 5.07. The molecule has 220 valence electrons. The molecule has 0 unspecified atom stereocenters. The summed E-state index contributed by atoms with van der Waals surface area (Å²) in [5, 5.41) is 15.1. The number of carboxylic acid groups (broad SMARTS) is 1. The molecule has 0 radical (unpaired) electrons. The average Bonchev–Trinajstić information content (AvgIpc) is 2.81. The van der Waals surface area contributed by atoms with E-state index in [1.807, 2.05) is 0 Å². The highest BCUT2D eigenvalue weighted by Gasteiger charge is 2.40. The Labute approximate surface area is 229 Å². The van der Waals surface area contributed by atoms with Crippen LogP contribution in [0.1, 0.15) is 47.1 Å². The fraction of sp³-hybridized carbons (Fsp3) is 0.667. The molecule has 0 fully saturated rings. The Balaban J connectivity index is 2.16. The fourth-order valence-corrected chi connectivity index (χ4v) is 3.46. The first-order valence-electron chi connectivity index (χ1n) is 12.9. The summed E-state index contributed by atoms with van der Waals surface area (Å²) >= 11 is 0. The van der Waals surface area contributed by atoms with E-state index in [1.54, 1.807) is 39.0 Å². The number of carbonyl (C=O) groups excluding carboxylic acids is 2. The minimum atomic E-state index is -1.70. The number of fused-ring (bicyclic) bond motifs is 1. The summed E-state index contributed by atoms with van der Waals surface area (Å²) < 4.78 is 33.3. The Bertz CT molecular complexity index is 976. The molecule has 0 spiro atoms. The second kappa shape index (κ2) is 14.3. The van der Waals surface area contributed by atoms with Crippen LogP contribution < -0.4 is 20.1 Å². The SMILES string of the molecule is CC(C)(C)OC(=O)NC(C)(C)C(=O)N[C@@](C)(Cc1ccc2c(c1)OCCOCCOCCOCCO2)C(=O)O. The van der Waals surface area contributed by atoms with Gasteiger partial charge in [0, 0.05) is 6.42 Å². The van der Waals surface area contributed by atoms with Gasteiger partial charge in [-0.25, -0.2) is 9.59 Å². The quantitative estimate of drug-likeness (QED) is 0.478. The Morgan fingerprint density at radius 1 is 0.795 bits per heavy atom. The van der Waals surface area contributed by atoms with Gasteiger partial charge in [-0.15, -0.1) is 0 Å². The van der Waals surface area contributed by atoms with Gasteiger partial charge in [0.2, 0.25) is 5.91 Å². The van der Waals surface area contributed by atoms with Crippen molar-refractivity contribution in [3.05, 3.63) is 23.8 Å². The third kappa shape index (κ3) is 11.3. The standard InChI is InChI=1S/C27H42N2O10/c1-25(2,3)39-24(33)29-26(4,5)22(30)28-27(6,23(31)32)18-19-7-8-20-21(17-19)38-16-14-36-12-10-34-9-11-35-13-15-37-20/h7-8,17H,9-16,18H2,1-6H3,(H,28,30)(H,29,33)(H,31,32)/t27-/m0/s1. The van der Waals surface area contributed by atoms with E-state index >= 15 is 0 Å². The minimum absolute atomic E-state index is 0.0653. The smallest absolute Gasteiger partial charge is 0.408 e. The second-order valence-corrected chi connectivity index (χ2v) is 10.8. The molecule has 1 heterocycles. The summed E-state index contributed by atoms with van der Waals surface area (Å²) in [4.78, 5) is 37.6. The number of amides is 2. The van der Waals surface area contributed by atoms with Crippen LogP contribution >= 0.6 is 0 Å². The van der Waals surface area contributed by atoms with Crippen molar-refractivity contribution in [3.63, 3.8) is 0 Å². The van der Waals surface area contributed by atoms with Gasteiger partial charge in [-0.1, -0.05) is 6.07 Å². The molecule has 0 aromatic heterocycles. The molecule has 3 N–H and O–H groups in total. The summed E-state index contributed by atoms with van der Waals surface area (Å²) in [7, 11) is 0. The van der Waals surface area contributed by atoms with Gasteiger partial charge in [0.05, 0.1) is 39.6 Å². The van der Waals surface area contributed by atoms with Gasteiger partial charge in [0.25, 0.3) is 0 Å². The highest BCUT2D eigenvalue weighted by Crippen LogP contribution is 2.30. The number of aliphatic carboxylic acids is 1. The zero-order valence-corrected chi connectivity index (χ0v) is 23.7. The maximum Gasteiger partial charge on any atom is 0.408 e. The van der Waals surface area contributed by atoms with E-state index in [1.165, 1.54) is 20.8 Å². The molecule has 1 aliphatic heterocycles. The van der Waals surface area contributed by atoms with E-state index in [4.69, 9.17) is 28.4 Å². The molecule has 12 nitrogen and oxygen atoms in total. The number of carboxylic acids is 1. The molecule has 1 aromatic carbocycles. The van der Waals surface area contributed by atoms with Crippen LogP contribution in [0.4, 0.5) is 4.79 Å². The highest BCUT2D eigenvalue weighted by molar-refractivity contribution is 5.93. The van der Waals surface area contributed by atoms with E-state index in [2.05, 4.69) is 10.6 Å². The van der Waals surface area contributed by atoms with Crippen LogP contribution in [0.2, 0.25) is 0 Å². The lowest BCUT2D eigenvalue weighted by atomic mass is 9.91. The van der Waals surface area contributed by atoms with Gasteiger partial charge < -0.3 is 44.2 Å². The summed E-state index contributed by atoms with van der Waals surface area (Å²) in [6.07, 6.45) is -0.856. The number of hydrogen-bond donors (Lipinski definition) is 3. The minimum Gasteiger partial charge on any atom is -0.487 e. The third-order valence-corrected chi connectivity index (χ3v) is 5.52. The summed E-state index contributed by atoms with van der Waals surface area (Å²) in [5.41, 5.74) is -3.32. The molecule has 0 saturated heterocycles. The molecule has 0 aliphatic carbocycles. The van der Waals surface area contributed by atoms with Crippen LogP contribution in [-0.4, -0.2) is 92.6 Å². The molecule has 2 amide bonds. The van der Waals surface area contributed by atoms with Crippen molar-refractivity contribution in [2.24, 2.45) is 0 Å². The van der Waals surface area contributed by atoms with Crippen LogP contribution in [0.25, 0.3) is 0 Å². The topological polar surface area (TPSA) is 151 Å². The van der Waals surface area contributed by atoms with Crippen molar-refractivity contribution in [1.82, 2.24) is 10.6 Å². The number of benzene rings is 1. The van der Waals surface area contributed by atoms with E-state index in [9.17, 15) is 19.5 Å². The van der Waals surface area contributed by atoms with Crippen LogP contribution in [0.15, 0.2) is 18.2 Å². The molecule has 2 rings (SSSR count). The van der Waals surface area contributed by atoms with E-state index in [-0.39, 0.29) is 19.6 Å². The van der Waals surface area contributed by atoms with Crippen LogP contribution in [0.5, 0.6) is 11.5 Å². The predicted molar refractivity (Wildman–Crippen MR) is 141 cm³/mol. The Morgan fingerprint density at radius 3 is 1.82 bits per heavy atom. The van der Waals surface area contributed by atoms with E-state index in [0.29, 0.717) is 56.7 Å². The zero-order chi connectivity index (χ0) is 29.1. The molecule has 1 atom stereocenters. The van der Waals surface area contributed by atoms with Gasteiger partial charge in [-0.05, 0) is 59.2 Å². The first-order chi connectivity index (χ1) is 18.2. The first-order valence-corrected chi connectivity index (χ1v) is 12.9. The predicted octanol–water partition coefficient (Wildman–Crippen LogP) is 2.31. The van der Waals surface area contributed by atoms with Crippen molar-refractivity contribution >= 4 is 18.0 Å². The van der Waals surface area contributed by atoms with Crippen molar-refractivity contribution in [2.45, 2.75) is 64.6 Å². The molecule has 12 heteroatoms. The molecular weight excluding hydrogens is 512 g/mol. The molecule has 1 aromatic rings. The fourth-order valence-electron chi connectivity index (χ4n) is 3.46. The third-order valence-electron chi connectivity index (χ3n) is 5.52. The van der Waals surface area contributed by atoms with Crippen LogP contribution in [0, 0.1) is 0 Å². The summed E-state index contributed by atoms with van der Waals surface area (Å²) in [6.45, 7) is 12.4. The Hall–Kier alpha value is -3.09. The van der Waals surface area contributed by atoms with E-state index < -0.39 is 34.6 Å². The molecule has 0 saturated carbocycles. The van der Waals surface area contributed by atoms with Crippen molar-refractivity contribution < 1.29 is 47.9 Å². The zero-order valence-electron chi connectivity index (χ0n) is 23.7. The number of ether oxygens (including phenoxy) is 6. The number of rotatable bonds is 6. The Kier molecular flexibility index (Phi) is 11.8. The van der Waals surface area contributed by atoms with Crippen LogP contribution in [-0.2, 0) is 35.0 Å². The summed E-state index contributed by atoms with van der Waals surface area (Å²) in [5.74, 6) is -1.05.